The number of hydrogen-bond acceptors (Lipinski definition) is 4. The molecule has 1 N–H and O–H groups in total. The molecule has 2 aromatic rings. The third-order valence-corrected chi connectivity index (χ3v) is 7.17. The van der Waals surface area contributed by atoms with Crippen molar-refractivity contribution in [2.75, 3.05) is 25.0 Å². The van der Waals surface area contributed by atoms with Gasteiger partial charge in [-0.1, -0.05) is 30.7 Å². The predicted octanol–water partition coefficient (Wildman–Crippen LogP) is 2.98. The Bertz CT molecular complexity index is 982. The van der Waals surface area contributed by atoms with Crippen LogP contribution in [-0.4, -0.2) is 38.3 Å². The number of carbonyl (C=O) groups excluding carboxylic acids is 1. The van der Waals surface area contributed by atoms with Crippen LogP contribution in [0.4, 0.5) is 5.69 Å². The quantitative estimate of drug-likeness (QED) is 0.837. The second kappa shape index (κ2) is 7.93. The minimum Gasteiger partial charge on any atom is -0.493 e. The van der Waals surface area contributed by atoms with Gasteiger partial charge in [0.1, 0.15) is 10.6 Å². The molecular weight excluding hydrogens is 376 g/mol. The maximum atomic E-state index is 13.0. The second-order valence-electron chi connectivity index (χ2n) is 7.23. The van der Waals surface area contributed by atoms with E-state index in [0.29, 0.717) is 25.4 Å². The van der Waals surface area contributed by atoms with Gasteiger partial charge in [-0.25, -0.2) is 8.42 Å². The molecule has 2 heterocycles. The molecule has 0 unspecified atom stereocenters. The zero-order valence-corrected chi connectivity index (χ0v) is 16.5. The average molecular weight is 401 g/mol. The third-order valence-electron chi connectivity index (χ3n) is 5.21. The van der Waals surface area contributed by atoms with Crippen LogP contribution in [0.15, 0.2) is 47.4 Å². The van der Waals surface area contributed by atoms with Crippen molar-refractivity contribution in [1.29, 1.82) is 0 Å². The normalized spacial score (nSPS) is 17.0. The number of benzene rings is 2. The van der Waals surface area contributed by atoms with Gasteiger partial charge in [-0.3, -0.25) is 4.79 Å². The zero-order chi connectivity index (χ0) is 19.6. The van der Waals surface area contributed by atoms with Gasteiger partial charge in [0.15, 0.2) is 0 Å². The number of anilines is 1. The lowest BCUT2D eigenvalue weighted by Gasteiger charge is -2.26. The first kappa shape index (κ1) is 19.0. The van der Waals surface area contributed by atoms with Gasteiger partial charge in [0, 0.05) is 19.5 Å². The van der Waals surface area contributed by atoms with E-state index in [1.807, 2.05) is 18.2 Å². The van der Waals surface area contributed by atoms with Crippen LogP contribution >= 0.6 is 0 Å². The summed E-state index contributed by atoms with van der Waals surface area (Å²) < 4.78 is 33.1. The maximum absolute atomic E-state index is 13.0. The van der Waals surface area contributed by atoms with Crippen molar-refractivity contribution in [2.45, 2.75) is 37.0 Å². The summed E-state index contributed by atoms with van der Waals surface area (Å²) in [6.45, 7) is 1.73. The number of rotatable bonds is 5. The van der Waals surface area contributed by atoms with Gasteiger partial charge < -0.3 is 10.1 Å². The third kappa shape index (κ3) is 3.91. The highest BCUT2D eigenvalue weighted by molar-refractivity contribution is 7.89. The Hall–Kier alpha value is -2.38. The van der Waals surface area contributed by atoms with Crippen molar-refractivity contribution < 1.29 is 17.9 Å². The van der Waals surface area contributed by atoms with E-state index in [4.69, 9.17) is 4.74 Å². The summed E-state index contributed by atoms with van der Waals surface area (Å²) in [5.41, 5.74) is 2.33. The van der Waals surface area contributed by atoms with Crippen LogP contribution in [0.5, 0.6) is 5.75 Å². The van der Waals surface area contributed by atoms with E-state index in [2.05, 4.69) is 5.32 Å². The number of para-hydroxylation sites is 1. The summed E-state index contributed by atoms with van der Waals surface area (Å²) >= 11 is 0. The molecule has 1 fully saturated rings. The molecule has 7 heteroatoms. The average Bonchev–Trinajstić information content (AvgIpc) is 3.17. The Morgan fingerprint density at radius 3 is 2.68 bits per heavy atom. The minimum atomic E-state index is -3.62. The number of hydrogen-bond donors (Lipinski definition) is 1. The van der Waals surface area contributed by atoms with E-state index >= 15 is 0 Å². The number of sulfonamides is 1. The number of amides is 1. The van der Waals surface area contributed by atoms with Crippen molar-refractivity contribution in [1.82, 2.24) is 4.31 Å². The first-order valence-electron chi connectivity index (χ1n) is 9.68. The second-order valence-corrected chi connectivity index (χ2v) is 9.13. The van der Waals surface area contributed by atoms with Crippen LogP contribution in [-0.2, 0) is 27.7 Å². The van der Waals surface area contributed by atoms with Crippen molar-refractivity contribution in [3.63, 3.8) is 0 Å². The summed E-state index contributed by atoms with van der Waals surface area (Å²) in [6, 6.07) is 12.4. The van der Waals surface area contributed by atoms with Gasteiger partial charge in [0.05, 0.1) is 18.7 Å². The number of fused-ring (bicyclic) bond motifs is 1. The molecule has 0 bridgehead atoms. The van der Waals surface area contributed by atoms with Crippen LogP contribution in [0.2, 0.25) is 0 Å². The molecule has 6 nitrogen and oxygen atoms in total. The van der Waals surface area contributed by atoms with Crippen molar-refractivity contribution in [3.8, 4) is 5.75 Å². The highest BCUT2D eigenvalue weighted by Gasteiger charge is 2.28. The summed E-state index contributed by atoms with van der Waals surface area (Å²) in [7, 11) is -3.62. The van der Waals surface area contributed by atoms with E-state index in [-0.39, 0.29) is 17.2 Å². The summed E-state index contributed by atoms with van der Waals surface area (Å²) in [5, 5.41) is 2.80. The molecule has 0 aromatic heterocycles. The molecule has 0 spiro atoms. The van der Waals surface area contributed by atoms with E-state index in [1.165, 1.54) is 4.31 Å². The van der Waals surface area contributed by atoms with Crippen molar-refractivity contribution >= 4 is 21.6 Å². The van der Waals surface area contributed by atoms with Crippen LogP contribution in [0.1, 0.15) is 30.4 Å². The molecular formula is C21H24N2O4S. The standard InChI is InChI=1S/C21H24N2O4S/c24-21(15-16-8-9-19-17(14-16)10-13-27-19)22-18-6-2-3-7-20(18)28(25,26)23-11-4-1-5-12-23/h2-3,6-9,14H,1,4-5,10-13,15H2,(H,22,24). The van der Waals surface area contributed by atoms with E-state index in [1.54, 1.807) is 24.3 Å². The topological polar surface area (TPSA) is 75.7 Å². The monoisotopic (exact) mass is 400 g/mol. The Kier molecular flexibility index (Phi) is 5.37. The molecule has 4 rings (SSSR count). The molecule has 2 aliphatic rings. The molecule has 0 aliphatic carbocycles. The number of ether oxygens (including phenoxy) is 1. The fraction of sp³-hybridized carbons (Fsp3) is 0.381. The van der Waals surface area contributed by atoms with Gasteiger partial charge in [0.2, 0.25) is 15.9 Å². The van der Waals surface area contributed by atoms with Crippen molar-refractivity contribution in [2.24, 2.45) is 0 Å². The number of piperidine rings is 1. The van der Waals surface area contributed by atoms with E-state index in [9.17, 15) is 13.2 Å². The first-order chi connectivity index (χ1) is 13.5. The van der Waals surface area contributed by atoms with Crippen molar-refractivity contribution in [3.05, 3.63) is 53.6 Å². The Morgan fingerprint density at radius 2 is 1.86 bits per heavy atom. The molecule has 1 saturated heterocycles. The lowest BCUT2D eigenvalue weighted by Crippen LogP contribution is -2.36. The molecule has 0 saturated carbocycles. The van der Waals surface area contributed by atoms with E-state index in [0.717, 1.165) is 42.6 Å². The van der Waals surface area contributed by atoms with Crippen LogP contribution in [0.3, 0.4) is 0 Å². The summed E-state index contributed by atoms with van der Waals surface area (Å²) in [4.78, 5) is 12.7. The Balaban J connectivity index is 1.51. The minimum absolute atomic E-state index is 0.160. The largest absolute Gasteiger partial charge is 0.493 e. The fourth-order valence-corrected chi connectivity index (χ4v) is 5.43. The summed E-state index contributed by atoms with van der Waals surface area (Å²) in [6.07, 6.45) is 3.83. The molecule has 1 amide bonds. The van der Waals surface area contributed by atoms with Gasteiger partial charge in [-0.15, -0.1) is 0 Å². The molecule has 0 atom stereocenters. The van der Waals surface area contributed by atoms with Crippen LogP contribution in [0.25, 0.3) is 0 Å². The number of nitrogens with zero attached hydrogens (tertiary/aromatic N) is 1. The van der Waals surface area contributed by atoms with Gasteiger partial charge in [0.25, 0.3) is 0 Å². The van der Waals surface area contributed by atoms with E-state index < -0.39 is 10.0 Å². The Morgan fingerprint density at radius 1 is 1.07 bits per heavy atom. The SMILES string of the molecule is O=C(Cc1ccc2c(c1)CCO2)Nc1ccccc1S(=O)(=O)N1CCCCC1. The predicted molar refractivity (Wildman–Crippen MR) is 107 cm³/mol. The number of carbonyl (C=O) groups is 1. The lowest BCUT2D eigenvalue weighted by atomic mass is 10.1. The highest BCUT2D eigenvalue weighted by Crippen LogP contribution is 2.28. The molecule has 2 aromatic carbocycles. The first-order valence-corrected chi connectivity index (χ1v) is 11.1. The molecule has 0 radical (unpaired) electrons. The molecule has 148 valence electrons. The number of nitrogens with one attached hydrogen (secondary N) is 1. The van der Waals surface area contributed by atoms with Crippen LogP contribution < -0.4 is 10.1 Å². The fourth-order valence-electron chi connectivity index (χ4n) is 3.77. The maximum Gasteiger partial charge on any atom is 0.245 e. The Labute approximate surface area is 165 Å². The zero-order valence-electron chi connectivity index (χ0n) is 15.7. The smallest absolute Gasteiger partial charge is 0.245 e. The molecule has 2 aliphatic heterocycles. The van der Waals surface area contributed by atoms with Gasteiger partial charge >= 0.3 is 0 Å². The highest BCUT2D eigenvalue weighted by atomic mass is 32.2. The summed E-state index contributed by atoms with van der Waals surface area (Å²) in [5.74, 6) is 0.641. The lowest BCUT2D eigenvalue weighted by molar-refractivity contribution is -0.115. The van der Waals surface area contributed by atoms with Gasteiger partial charge in [-0.2, -0.15) is 4.31 Å². The molecule has 28 heavy (non-hydrogen) atoms. The van der Waals surface area contributed by atoms with Gasteiger partial charge in [-0.05, 0) is 42.2 Å². The van der Waals surface area contributed by atoms with Crippen LogP contribution in [0, 0.1) is 0 Å².